The minimum atomic E-state index is -0.248. The van der Waals surface area contributed by atoms with Crippen LogP contribution in [-0.2, 0) is 27.2 Å². The summed E-state index contributed by atoms with van der Waals surface area (Å²) in [5.41, 5.74) is 4.10. The van der Waals surface area contributed by atoms with Crippen molar-refractivity contribution in [2.24, 2.45) is 0 Å². The molecule has 2 saturated heterocycles. The number of aryl methyl sites for hydroxylation is 2. The van der Waals surface area contributed by atoms with E-state index in [-0.39, 0.29) is 24.0 Å². The molecule has 0 bridgehead atoms. The fraction of sp³-hybridized carbons (Fsp3) is 0.652. The molecule has 6 nitrogen and oxygen atoms in total. The van der Waals surface area contributed by atoms with Gasteiger partial charge in [0.2, 0.25) is 5.91 Å². The summed E-state index contributed by atoms with van der Waals surface area (Å²) in [4.78, 5) is 29.0. The van der Waals surface area contributed by atoms with Crippen LogP contribution in [0.25, 0.3) is 0 Å². The smallest absolute Gasteiger partial charge is 0.251 e. The van der Waals surface area contributed by atoms with Gasteiger partial charge in [-0.2, -0.15) is 0 Å². The van der Waals surface area contributed by atoms with Crippen LogP contribution in [0.2, 0.25) is 0 Å². The Balaban J connectivity index is 1.23. The zero-order valence-corrected chi connectivity index (χ0v) is 17.5. The highest BCUT2D eigenvalue weighted by Gasteiger charge is 2.30. The first-order chi connectivity index (χ1) is 14.1. The summed E-state index contributed by atoms with van der Waals surface area (Å²) in [7, 11) is 0. The van der Waals surface area contributed by atoms with Crippen molar-refractivity contribution < 1.29 is 14.3 Å². The summed E-state index contributed by atoms with van der Waals surface area (Å²) in [6.07, 6.45) is 6.43. The Labute approximate surface area is 173 Å². The average molecular weight is 400 g/mol. The Morgan fingerprint density at radius 2 is 1.86 bits per heavy atom. The molecule has 29 heavy (non-hydrogen) atoms. The third kappa shape index (κ3) is 4.98. The lowest BCUT2D eigenvalue weighted by Crippen LogP contribution is -2.53. The second kappa shape index (κ2) is 9.26. The highest BCUT2D eigenvalue weighted by molar-refractivity contribution is 5.81. The number of hydrogen-bond donors (Lipinski definition) is 1. The summed E-state index contributed by atoms with van der Waals surface area (Å²) in [5.74, 6) is 0.168. The number of hydrogen-bond acceptors (Lipinski definition) is 4. The Morgan fingerprint density at radius 1 is 1.10 bits per heavy atom. The number of rotatable bonds is 5. The summed E-state index contributed by atoms with van der Waals surface area (Å²) in [6, 6.07) is 6.67. The van der Waals surface area contributed by atoms with Crippen LogP contribution < -0.4 is 5.32 Å². The van der Waals surface area contributed by atoms with Gasteiger partial charge in [-0.3, -0.25) is 14.5 Å². The SMILES string of the molecule is CC(NC(=O)CN1CCN(C(=O)C2CCCO2)CC1)c1ccc2c(c1)CCCC2. The Hall–Kier alpha value is -1.92. The first-order valence-electron chi connectivity index (χ1n) is 11.1. The molecule has 1 aromatic rings. The number of carbonyl (C=O) groups is 2. The van der Waals surface area contributed by atoms with Crippen LogP contribution in [0.15, 0.2) is 18.2 Å². The second-order valence-corrected chi connectivity index (χ2v) is 8.63. The molecule has 0 saturated carbocycles. The zero-order chi connectivity index (χ0) is 20.2. The van der Waals surface area contributed by atoms with Crippen molar-refractivity contribution in [3.63, 3.8) is 0 Å². The third-order valence-corrected chi connectivity index (χ3v) is 6.51. The molecule has 158 valence electrons. The van der Waals surface area contributed by atoms with E-state index in [1.807, 2.05) is 4.90 Å². The van der Waals surface area contributed by atoms with Gasteiger partial charge in [0.05, 0.1) is 12.6 Å². The van der Waals surface area contributed by atoms with Gasteiger partial charge in [0.25, 0.3) is 5.91 Å². The van der Waals surface area contributed by atoms with Crippen LogP contribution in [0.3, 0.4) is 0 Å². The molecular formula is C23H33N3O3. The van der Waals surface area contributed by atoms with E-state index in [9.17, 15) is 9.59 Å². The van der Waals surface area contributed by atoms with E-state index in [2.05, 4.69) is 35.3 Å². The highest BCUT2D eigenvalue weighted by Crippen LogP contribution is 2.24. The van der Waals surface area contributed by atoms with Crippen molar-refractivity contribution in [1.82, 2.24) is 15.1 Å². The molecule has 2 fully saturated rings. The second-order valence-electron chi connectivity index (χ2n) is 8.63. The fourth-order valence-corrected chi connectivity index (χ4v) is 4.70. The number of nitrogens with one attached hydrogen (secondary N) is 1. The van der Waals surface area contributed by atoms with E-state index in [0.717, 1.165) is 32.4 Å². The van der Waals surface area contributed by atoms with E-state index < -0.39 is 0 Å². The number of amides is 2. The molecule has 6 heteroatoms. The Kier molecular flexibility index (Phi) is 6.50. The summed E-state index contributed by atoms with van der Waals surface area (Å²) >= 11 is 0. The predicted molar refractivity (Wildman–Crippen MR) is 112 cm³/mol. The molecule has 2 amide bonds. The van der Waals surface area contributed by atoms with Crippen LogP contribution in [0.4, 0.5) is 0 Å². The molecule has 4 rings (SSSR count). The van der Waals surface area contributed by atoms with Crippen molar-refractivity contribution >= 4 is 11.8 Å². The molecule has 2 heterocycles. The fourth-order valence-electron chi connectivity index (χ4n) is 4.70. The number of fused-ring (bicyclic) bond motifs is 1. The molecule has 2 atom stereocenters. The van der Waals surface area contributed by atoms with E-state index in [0.29, 0.717) is 26.2 Å². The monoisotopic (exact) mass is 399 g/mol. The van der Waals surface area contributed by atoms with Crippen LogP contribution in [0.1, 0.15) is 55.3 Å². The van der Waals surface area contributed by atoms with E-state index in [4.69, 9.17) is 4.74 Å². The third-order valence-electron chi connectivity index (χ3n) is 6.51. The Morgan fingerprint density at radius 3 is 2.59 bits per heavy atom. The maximum atomic E-state index is 12.6. The Bertz CT molecular complexity index is 737. The van der Waals surface area contributed by atoms with Crippen molar-refractivity contribution in [1.29, 1.82) is 0 Å². The van der Waals surface area contributed by atoms with Crippen LogP contribution in [0, 0.1) is 0 Å². The molecular weight excluding hydrogens is 366 g/mol. The van der Waals surface area contributed by atoms with Gasteiger partial charge in [-0.25, -0.2) is 0 Å². The van der Waals surface area contributed by atoms with Crippen LogP contribution >= 0.6 is 0 Å². The van der Waals surface area contributed by atoms with Gasteiger partial charge in [-0.1, -0.05) is 18.2 Å². The van der Waals surface area contributed by atoms with E-state index in [1.54, 1.807) is 0 Å². The predicted octanol–water partition coefficient (Wildman–Crippen LogP) is 2.07. The number of ether oxygens (including phenoxy) is 1. The van der Waals surface area contributed by atoms with Crippen molar-refractivity contribution in [2.75, 3.05) is 39.3 Å². The largest absolute Gasteiger partial charge is 0.368 e. The summed E-state index contributed by atoms with van der Waals surface area (Å²) in [6.45, 7) is 5.95. The van der Waals surface area contributed by atoms with E-state index >= 15 is 0 Å². The van der Waals surface area contributed by atoms with Gasteiger partial charge < -0.3 is 15.0 Å². The molecule has 0 spiro atoms. The maximum absolute atomic E-state index is 12.6. The normalized spacial score (nSPS) is 23.5. The quantitative estimate of drug-likeness (QED) is 0.823. The molecule has 2 aliphatic heterocycles. The van der Waals surface area contributed by atoms with Crippen molar-refractivity contribution in [3.8, 4) is 0 Å². The molecule has 2 unspecified atom stereocenters. The van der Waals surface area contributed by atoms with Gasteiger partial charge in [0, 0.05) is 32.8 Å². The van der Waals surface area contributed by atoms with Gasteiger partial charge in [-0.05, 0) is 62.1 Å². The first kappa shape index (κ1) is 20.4. The minimum Gasteiger partial charge on any atom is -0.368 e. The first-order valence-corrected chi connectivity index (χ1v) is 11.1. The van der Waals surface area contributed by atoms with Crippen LogP contribution in [-0.4, -0.2) is 67.0 Å². The summed E-state index contributed by atoms with van der Waals surface area (Å²) in [5, 5.41) is 3.15. The van der Waals surface area contributed by atoms with Crippen LogP contribution in [0.5, 0.6) is 0 Å². The summed E-state index contributed by atoms with van der Waals surface area (Å²) < 4.78 is 5.51. The standard InChI is InChI=1S/C23H33N3O3/c1-17(19-9-8-18-5-2-3-6-20(18)15-19)24-22(27)16-25-10-12-26(13-11-25)23(28)21-7-4-14-29-21/h8-9,15,17,21H,2-7,10-14,16H2,1H3,(H,24,27). The number of piperazine rings is 1. The zero-order valence-electron chi connectivity index (χ0n) is 17.5. The molecule has 1 aliphatic carbocycles. The lowest BCUT2D eigenvalue weighted by atomic mass is 9.89. The van der Waals surface area contributed by atoms with Crippen molar-refractivity contribution in [3.05, 3.63) is 34.9 Å². The van der Waals surface area contributed by atoms with Gasteiger partial charge in [0.1, 0.15) is 6.10 Å². The minimum absolute atomic E-state index is 0.0112. The van der Waals surface area contributed by atoms with Gasteiger partial charge in [0.15, 0.2) is 0 Å². The average Bonchev–Trinajstić information content (AvgIpc) is 3.28. The maximum Gasteiger partial charge on any atom is 0.251 e. The highest BCUT2D eigenvalue weighted by atomic mass is 16.5. The molecule has 1 N–H and O–H groups in total. The lowest BCUT2D eigenvalue weighted by molar-refractivity contribution is -0.142. The van der Waals surface area contributed by atoms with Gasteiger partial charge >= 0.3 is 0 Å². The molecule has 3 aliphatic rings. The molecule has 1 aromatic carbocycles. The number of benzene rings is 1. The molecule has 0 aromatic heterocycles. The van der Waals surface area contributed by atoms with E-state index in [1.165, 1.54) is 36.0 Å². The van der Waals surface area contributed by atoms with Gasteiger partial charge in [-0.15, -0.1) is 0 Å². The lowest BCUT2D eigenvalue weighted by Gasteiger charge is -2.35. The molecule has 0 radical (unpaired) electrons. The number of nitrogens with zero attached hydrogens (tertiary/aromatic N) is 2. The van der Waals surface area contributed by atoms with Crippen molar-refractivity contribution in [2.45, 2.75) is 57.6 Å². The topological polar surface area (TPSA) is 61.9 Å². The number of carbonyl (C=O) groups excluding carboxylic acids is 2.